The summed E-state index contributed by atoms with van der Waals surface area (Å²) in [6, 6.07) is 7.49. The molecule has 1 aromatic heterocycles. The molecule has 0 aliphatic heterocycles. The third-order valence-electron chi connectivity index (χ3n) is 3.25. The van der Waals surface area contributed by atoms with Crippen LogP contribution in [0.2, 0.25) is 0 Å². The second kappa shape index (κ2) is 9.38. The number of rotatable bonds is 7. The van der Waals surface area contributed by atoms with Crippen molar-refractivity contribution in [3.63, 3.8) is 0 Å². The zero-order valence-electron chi connectivity index (χ0n) is 14.3. The first-order valence-electron chi connectivity index (χ1n) is 7.86. The first kappa shape index (κ1) is 19.2. The minimum atomic E-state index is -0.473. The van der Waals surface area contributed by atoms with Crippen LogP contribution in [-0.4, -0.2) is 33.9 Å². The molecular formula is C16H21N5O2S2. The molecule has 1 aromatic carbocycles. The lowest BCUT2D eigenvalue weighted by atomic mass is 10.2. The predicted molar refractivity (Wildman–Crippen MR) is 102 cm³/mol. The molecule has 0 saturated carbocycles. The highest BCUT2D eigenvalue weighted by atomic mass is 32.2. The van der Waals surface area contributed by atoms with Crippen molar-refractivity contribution in [2.75, 3.05) is 11.1 Å². The first-order valence-corrected chi connectivity index (χ1v) is 9.66. The number of imide groups is 1. The summed E-state index contributed by atoms with van der Waals surface area (Å²) in [6.45, 7) is 5.85. The number of thioether (sulfide) groups is 1. The third-order valence-corrected chi connectivity index (χ3v) is 5.22. The molecule has 0 aliphatic carbocycles. The van der Waals surface area contributed by atoms with Crippen molar-refractivity contribution in [3.8, 4) is 0 Å². The fourth-order valence-corrected chi connectivity index (χ4v) is 3.39. The van der Waals surface area contributed by atoms with Crippen LogP contribution < -0.4 is 16.0 Å². The van der Waals surface area contributed by atoms with E-state index >= 15 is 0 Å². The predicted octanol–water partition coefficient (Wildman–Crippen LogP) is 3.31. The average molecular weight is 380 g/mol. The van der Waals surface area contributed by atoms with Gasteiger partial charge in [-0.3, -0.25) is 10.1 Å². The minimum absolute atomic E-state index is 0.0267. The number of urea groups is 1. The van der Waals surface area contributed by atoms with Gasteiger partial charge in [0.2, 0.25) is 11.0 Å². The zero-order valence-corrected chi connectivity index (χ0v) is 16.0. The van der Waals surface area contributed by atoms with Gasteiger partial charge in [-0.15, -0.1) is 10.2 Å². The van der Waals surface area contributed by atoms with Crippen molar-refractivity contribution >= 4 is 45.9 Å². The van der Waals surface area contributed by atoms with Crippen molar-refractivity contribution < 1.29 is 9.59 Å². The van der Waals surface area contributed by atoms with E-state index in [4.69, 9.17) is 0 Å². The van der Waals surface area contributed by atoms with Gasteiger partial charge in [-0.25, -0.2) is 4.79 Å². The summed E-state index contributed by atoms with van der Waals surface area (Å²) in [5.74, 6) is -0.262. The topological polar surface area (TPSA) is 96.0 Å². The van der Waals surface area contributed by atoms with Crippen molar-refractivity contribution in [3.05, 3.63) is 29.8 Å². The summed E-state index contributed by atoms with van der Waals surface area (Å²) in [5.41, 5.74) is 2.09. The highest BCUT2D eigenvalue weighted by Gasteiger charge is 2.12. The number of carbonyl (C=O) groups is 2. The van der Waals surface area contributed by atoms with Crippen LogP contribution >= 0.6 is 23.1 Å². The average Bonchev–Trinajstić information content (AvgIpc) is 3.00. The van der Waals surface area contributed by atoms with Gasteiger partial charge in [-0.2, -0.15) is 0 Å². The number of hydrogen-bond acceptors (Lipinski definition) is 7. The molecule has 0 fully saturated rings. The second-order valence-corrected chi connectivity index (χ2v) is 7.69. The van der Waals surface area contributed by atoms with Gasteiger partial charge < -0.3 is 10.6 Å². The number of anilines is 2. The molecule has 0 unspecified atom stereocenters. The fraction of sp³-hybridized carbons (Fsp3) is 0.375. The number of nitrogens with zero attached hydrogens (tertiary/aromatic N) is 2. The largest absolute Gasteiger partial charge is 0.335 e. The molecule has 3 amide bonds. The van der Waals surface area contributed by atoms with Gasteiger partial charge in [0.05, 0.1) is 5.75 Å². The van der Waals surface area contributed by atoms with Crippen molar-refractivity contribution in [1.29, 1.82) is 0 Å². The van der Waals surface area contributed by atoms with E-state index in [2.05, 4.69) is 26.1 Å². The van der Waals surface area contributed by atoms with Crippen molar-refractivity contribution in [1.82, 2.24) is 20.8 Å². The molecular weight excluding hydrogens is 358 g/mol. The third kappa shape index (κ3) is 6.71. The van der Waals surface area contributed by atoms with Crippen molar-refractivity contribution in [2.45, 2.75) is 37.6 Å². The molecule has 0 radical (unpaired) electrons. The molecule has 0 aliphatic rings. The Balaban J connectivity index is 1.79. The SMILES string of the molecule is CC[C@@H](C)NC(=O)NC(=O)CSc1nnc(Nc2cccc(C)c2)s1. The van der Waals surface area contributed by atoms with E-state index in [1.807, 2.05) is 45.0 Å². The Bertz CT molecular complexity index is 735. The molecule has 134 valence electrons. The fourth-order valence-electron chi connectivity index (χ4n) is 1.82. The number of aryl methyl sites for hydroxylation is 1. The van der Waals surface area contributed by atoms with E-state index in [9.17, 15) is 9.59 Å². The molecule has 25 heavy (non-hydrogen) atoms. The highest BCUT2D eigenvalue weighted by molar-refractivity contribution is 8.01. The molecule has 2 rings (SSSR count). The molecule has 3 N–H and O–H groups in total. The van der Waals surface area contributed by atoms with Gasteiger partial charge in [-0.05, 0) is 38.0 Å². The Kier molecular flexibility index (Phi) is 7.20. The van der Waals surface area contributed by atoms with Crippen molar-refractivity contribution in [2.24, 2.45) is 0 Å². The lowest BCUT2D eigenvalue weighted by molar-refractivity contribution is -0.117. The van der Waals surface area contributed by atoms with Crippen LogP contribution in [0.4, 0.5) is 15.6 Å². The maximum Gasteiger partial charge on any atom is 0.321 e. The van der Waals surface area contributed by atoms with Crippen LogP contribution in [0.15, 0.2) is 28.6 Å². The molecule has 7 nitrogen and oxygen atoms in total. The van der Waals surface area contributed by atoms with E-state index in [1.54, 1.807) is 0 Å². The Labute approximate surface area is 155 Å². The summed E-state index contributed by atoms with van der Waals surface area (Å²) >= 11 is 2.60. The lowest BCUT2D eigenvalue weighted by Crippen LogP contribution is -2.43. The quantitative estimate of drug-likeness (QED) is 0.639. The lowest BCUT2D eigenvalue weighted by Gasteiger charge is -2.11. The Morgan fingerprint density at radius 1 is 1.32 bits per heavy atom. The van der Waals surface area contributed by atoms with Gasteiger partial charge in [-0.1, -0.05) is 42.2 Å². The number of benzene rings is 1. The maximum absolute atomic E-state index is 11.8. The highest BCUT2D eigenvalue weighted by Crippen LogP contribution is 2.27. The van der Waals surface area contributed by atoms with E-state index in [0.29, 0.717) is 9.47 Å². The Morgan fingerprint density at radius 2 is 2.12 bits per heavy atom. The van der Waals surface area contributed by atoms with Crippen LogP contribution in [0.1, 0.15) is 25.8 Å². The summed E-state index contributed by atoms with van der Waals surface area (Å²) in [5, 5.41) is 16.9. The van der Waals surface area contributed by atoms with E-state index < -0.39 is 6.03 Å². The smallest absolute Gasteiger partial charge is 0.321 e. The van der Waals surface area contributed by atoms with Gasteiger partial charge in [0.1, 0.15) is 0 Å². The molecule has 0 spiro atoms. The van der Waals surface area contributed by atoms with E-state index in [0.717, 1.165) is 17.7 Å². The number of carbonyl (C=O) groups excluding carboxylic acids is 2. The normalized spacial score (nSPS) is 11.6. The minimum Gasteiger partial charge on any atom is -0.335 e. The number of amides is 3. The maximum atomic E-state index is 11.8. The number of hydrogen-bond donors (Lipinski definition) is 3. The molecule has 0 bridgehead atoms. The summed E-state index contributed by atoms with van der Waals surface area (Å²) < 4.78 is 0.660. The van der Waals surface area contributed by atoms with Gasteiger partial charge in [0.25, 0.3) is 0 Å². The summed E-state index contributed by atoms with van der Waals surface area (Å²) in [6.07, 6.45) is 0.803. The summed E-state index contributed by atoms with van der Waals surface area (Å²) in [4.78, 5) is 23.4. The molecule has 1 atom stereocenters. The first-order chi connectivity index (χ1) is 12.0. The second-order valence-electron chi connectivity index (χ2n) is 5.49. The summed E-state index contributed by atoms with van der Waals surface area (Å²) in [7, 11) is 0. The number of aromatic nitrogens is 2. The van der Waals surface area contributed by atoms with Gasteiger partial charge >= 0.3 is 6.03 Å². The van der Waals surface area contributed by atoms with Crippen LogP contribution in [-0.2, 0) is 4.79 Å². The molecule has 2 aromatic rings. The van der Waals surface area contributed by atoms with Gasteiger partial charge in [0.15, 0.2) is 4.34 Å². The molecule has 1 heterocycles. The van der Waals surface area contributed by atoms with Crippen LogP contribution in [0.5, 0.6) is 0 Å². The molecule has 9 heteroatoms. The molecule has 0 saturated heterocycles. The Morgan fingerprint density at radius 3 is 2.84 bits per heavy atom. The zero-order chi connectivity index (χ0) is 18.2. The van der Waals surface area contributed by atoms with Crippen LogP contribution in [0, 0.1) is 6.92 Å². The van der Waals surface area contributed by atoms with Crippen LogP contribution in [0.3, 0.4) is 0 Å². The standard InChI is InChI=1S/C16H21N5O2S2/c1-4-11(3)17-14(23)19-13(22)9-24-16-21-20-15(25-16)18-12-7-5-6-10(2)8-12/h5-8,11H,4,9H2,1-3H3,(H,18,20)(H2,17,19,22,23)/t11-/m1/s1. The number of nitrogens with one attached hydrogen (secondary N) is 3. The monoisotopic (exact) mass is 379 g/mol. The van der Waals surface area contributed by atoms with E-state index in [1.165, 1.54) is 23.1 Å². The Hall–Kier alpha value is -2.13. The van der Waals surface area contributed by atoms with Gasteiger partial charge in [0, 0.05) is 11.7 Å². The van der Waals surface area contributed by atoms with E-state index in [-0.39, 0.29) is 17.7 Å². The van der Waals surface area contributed by atoms with Crippen LogP contribution in [0.25, 0.3) is 0 Å².